The molecule has 0 spiro atoms. The van der Waals surface area contributed by atoms with Gasteiger partial charge in [-0.25, -0.2) is 14.4 Å². The fourth-order valence-corrected chi connectivity index (χ4v) is 4.15. The normalized spacial score (nSPS) is 13.0. The molecule has 0 unspecified atom stereocenters. The van der Waals surface area contributed by atoms with E-state index in [1.54, 1.807) is 6.07 Å². The first-order valence-electron chi connectivity index (χ1n) is 10.7. The molecule has 3 heterocycles. The van der Waals surface area contributed by atoms with Crippen molar-refractivity contribution in [3.63, 3.8) is 0 Å². The van der Waals surface area contributed by atoms with Crippen LogP contribution in [0.4, 0.5) is 40.7 Å². The van der Waals surface area contributed by atoms with Crippen LogP contribution in [0.3, 0.4) is 0 Å². The van der Waals surface area contributed by atoms with Gasteiger partial charge in [0.15, 0.2) is 11.6 Å². The molecule has 5 aromatic rings. The van der Waals surface area contributed by atoms with Crippen molar-refractivity contribution >= 4 is 34.0 Å². The summed E-state index contributed by atoms with van der Waals surface area (Å²) in [6.07, 6.45) is -4.58. The number of para-hydroxylation sites is 1. The molecule has 0 radical (unpaired) electrons. The molecule has 0 saturated carbocycles. The zero-order valence-electron chi connectivity index (χ0n) is 17.9. The molecule has 2 N–H and O–H groups in total. The lowest BCUT2D eigenvalue weighted by atomic mass is 10.0. The highest BCUT2D eigenvalue weighted by molar-refractivity contribution is 5.92. The smallest absolute Gasteiger partial charge is 0.322 e. The lowest BCUT2D eigenvalue weighted by molar-refractivity contribution is -0.137. The van der Waals surface area contributed by atoms with Crippen LogP contribution in [0.5, 0.6) is 0 Å². The van der Waals surface area contributed by atoms with Gasteiger partial charge in [0.1, 0.15) is 17.5 Å². The van der Waals surface area contributed by atoms with Gasteiger partial charge in [0.05, 0.1) is 23.2 Å². The number of anilines is 4. The van der Waals surface area contributed by atoms with Crippen LogP contribution in [-0.2, 0) is 12.7 Å². The molecule has 6 rings (SSSR count). The van der Waals surface area contributed by atoms with Gasteiger partial charge in [-0.3, -0.25) is 5.10 Å². The number of halogens is 4. The molecule has 0 aliphatic carbocycles. The standard InChI is InChI=1S/C25H16F4N6/c26-14-10-11-20-17(12-14)23(34-33-20)31-22-18-13-35(15-6-2-1-3-7-15)24(18)32-21(30-22)16-8-4-5-9-19(16)25(27,28)29/h1-12H,13H2,(H2,30,31,32,33,34). The van der Waals surface area contributed by atoms with E-state index in [1.807, 2.05) is 35.2 Å². The molecule has 3 aromatic carbocycles. The van der Waals surface area contributed by atoms with Crippen molar-refractivity contribution < 1.29 is 17.6 Å². The average molecular weight is 476 g/mol. The van der Waals surface area contributed by atoms with E-state index in [1.165, 1.54) is 30.3 Å². The van der Waals surface area contributed by atoms with Gasteiger partial charge in [0, 0.05) is 16.6 Å². The van der Waals surface area contributed by atoms with Crippen LogP contribution in [0.25, 0.3) is 22.3 Å². The number of H-pyrrole nitrogens is 1. The van der Waals surface area contributed by atoms with Crippen LogP contribution in [0.15, 0.2) is 72.8 Å². The molecular formula is C25H16F4N6. The van der Waals surface area contributed by atoms with Crippen molar-refractivity contribution in [1.82, 2.24) is 20.2 Å². The summed E-state index contributed by atoms with van der Waals surface area (Å²) in [6, 6.07) is 18.8. The van der Waals surface area contributed by atoms with E-state index in [2.05, 4.69) is 25.5 Å². The molecular weight excluding hydrogens is 460 g/mol. The Labute approximate surface area is 196 Å². The van der Waals surface area contributed by atoms with Crippen molar-refractivity contribution in [3.8, 4) is 11.4 Å². The molecule has 1 aliphatic rings. The summed E-state index contributed by atoms with van der Waals surface area (Å²) >= 11 is 0. The molecule has 0 fully saturated rings. The fourth-order valence-electron chi connectivity index (χ4n) is 4.15. The second-order valence-electron chi connectivity index (χ2n) is 8.05. The van der Waals surface area contributed by atoms with Gasteiger partial charge in [-0.05, 0) is 36.4 Å². The van der Waals surface area contributed by atoms with E-state index in [0.29, 0.717) is 34.9 Å². The quantitative estimate of drug-likeness (QED) is 0.287. The number of fused-ring (bicyclic) bond motifs is 2. The van der Waals surface area contributed by atoms with E-state index < -0.39 is 17.6 Å². The summed E-state index contributed by atoms with van der Waals surface area (Å²) in [4.78, 5) is 10.9. The van der Waals surface area contributed by atoms with Crippen molar-refractivity contribution in [2.45, 2.75) is 12.7 Å². The van der Waals surface area contributed by atoms with E-state index in [0.717, 1.165) is 17.3 Å². The Balaban J connectivity index is 1.51. The lowest BCUT2D eigenvalue weighted by Gasteiger charge is -2.36. The van der Waals surface area contributed by atoms with Crippen molar-refractivity contribution in [3.05, 3.63) is 89.7 Å². The number of benzene rings is 3. The summed E-state index contributed by atoms with van der Waals surface area (Å²) in [5.41, 5.74) is 1.21. The zero-order valence-corrected chi connectivity index (χ0v) is 17.9. The highest BCUT2D eigenvalue weighted by Gasteiger charge is 2.36. The number of nitrogens with one attached hydrogen (secondary N) is 2. The highest BCUT2D eigenvalue weighted by Crippen LogP contribution is 2.44. The SMILES string of the molecule is Fc1ccc2[nH]nc(Nc3nc(-c4ccccc4C(F)(F)F)nc4c3CN4c3ccccc3)c2c1. The van der Waals surface area contributed by atoms with Gasteiger partial charge in [0.25, 0.3) is 0 Å². The van der Waals surface area contributed by atoms with Gasteiger partial charge in [-0.15, -0.1) is 0 Å². The Hall–Kier alpha value is -4.47. The predicted molar refractivity (Wildman–Crippen MR) is 124 cm³/mol. The summed E-state index contributed by atoms with van der Waals surface area (Å²) in [7, 11) is 0. The molecule has 35 heavy (non-hydrogen) atoms. The summed E-state index contributed by atoms with van der Waals surface area (Å²) in [6.45, 7) is 0.444. The van der Waals surface area contributed by atoms with Gasteiger partial charge in [0.2, 0.25) is 0 Å². The summed E-state index contributed by atoms with van der Waals surface area (Å²) in [5, 5.41) is 10.6. The Kier molecular flexibility index (Phi) is 4.70. The van der Waals surface area contributed by atoms with Crippen molar-refractivity contribution in [1.29, 1.82) is 0 Å². The Morgan fingerprint density at radius 3 is 2.46 bits per heavy atom. The molecule has 1 aliphatic heterocycles. The first-order chi connectivity index (χ1) is 16.9. The maximum atomic E-state index is 13.9. The summed E-state index contributed by atoms with van der Waals surface area (Å²) in [5.74, 6) is 0.602. The minimum Gasteiger partial charge on any atom is -0.322 e. The van der Waals surface area contributed by atoms with E-state index in [-0.39, 0.29) is 11.4 Å². The summed E-state index contributed by atoms with van der Waals surface area (Å²) < 4.78 is 55.1. The van der Waals surface area contributed by atoms with Crippen LogP contribution in [-0.4, -0.2) is 20.2 Å². The van der Waals surface area contributed by atoms with E-state index in [9.17, 15) is 17.6 Å². The third kappa shape index (κ3) is 3.63. The Morgan fingerprint density at radius 2 is 1.66 bits per heavy atom. The topological polar surface area (TPSA) is 69.7 Å². The molecule has 2 aromatic heterocycles. The Bertz CT molecular complexity index is 1560. The van der Waals surface area contributed by atoms with Crippen molar-refractivity contribution in [2.75, 3.05) is 10.2 Å². The van der Waals surface area contributed by atoms with Crippen molar-refractivity contribution in [2.24, 2.45) is 0 Å². The molecule has 6 nitrogen and oxygen atoms in total. The van der Waals surface area contributed by atoms with Crippen LogP contribution in [0.1, 0.15) is 11.1 Å². The van der Waals surface area contributed by atoms with Gasteiger partial charge in [-0.2, -0.15) is 18.3 Å². The minimum atomic E-state index is -4.58. The van der Waals surface area contributed by atoms with Gasteiger partial charge < -0.3 is 10.2 Å². The maximum absolute atomic E-state index is 13.9. The van der Waals surface area contributed by atoms with Crippen LogP contribution in [0.2, 0.25) is 0 Å². The third-order valence-electron chi connectivity index (χ3n) is 5.86. The monoisotopic (exact) mass is 476 g/mol. The Morgan fingerprint density at radius 1 is 0.886 bits per heavy atom. The first-order valence-corrected chi connectivity index (χ1v) is 10.7. The van der Waals surface area contributed by atoms with Crippen LogP contribution < -0.4 is 10.2 Å². The number of hydrogen-bond donors (Lipinski definition) is 2. The number of rotatable bonds is 4. The maximum Gasteiger partial charge on any atom is 0.417 e. The highest BCUT2D eigenvalue weighted by atomic mass is 19.4. The molecule has 0 atom stereocenters. The molecule has 0 saturated heterocycles. The number of alkyl halides is 3. The largest absolute Gasteiger partial charge is 0.417 e. The van der Waals surface area contributed by atoms with Gasteiger partial charge in [-0.1, -0.05) is 36.4 Å². The van der Waals surface area contributed by atoms with Gasteiger partial charge >= 0.3 is 6.18 Å². The first kappa shape index (κ1) is 21.1. The number of nitrogens with zero attached hydrogens (tertiary/aromatic N) is 4. The lowest BCUT2D eigenvalue weighted by Crippen LogP contribution is -2.30. The minimum absolute atomic E-state index is 0.0779. The molecule has 0 amide bonds. The number of aromatic amines is 1. The predicted octanol–water partition coefficient (Wildman–Crippen LogP) is 6.57. The fraction of sp³-hybridized carbons (Fsp3) is 0.0800. The second-order valence-corrected chi connectivity index (χ2v) is 8.05. The van der Waals surface area contributed by atoms with Crippen LogP contribution in [0, 0.1) is 5.82 Å². The molecule has 10 heteroatoms. The number of hydrogen-bond acceptors (Lipinski definition) is 5. The van der Waals surface area contributed by atoms with E-state index in [4.69, 9.17) is 0 Å². The van der Waals surface area contributed by atoms with E-state index >= 15 is 0 Å². The number of aromatic nitrogens is 4. The molecule has 0 bridgehead atoms. The second kappa shape index (κ2) is 7.79. The molecule has 174 valence electrons. The third-order valence-corrected chi connectivity index (χ3v) is 5.86. The zero-order chi connectivity index (χ0) is 24.2. The van der Waals surface area contributed by atoms with Crippen LogP contribution >= 0.6 is 0 Å². The average Bonchev–Trinajstić information content (AvgIpc) is 3.22.